The van der Waals surface area contributed by atoms with Crippen molar-refractivity contribution in [3.05, 3.63) is 46.7 Å². The number of rotatable bonds is 7. The van der Waals surface area contributed by atoms with E-state index in [-0.39, 0.29) is 12.0 Å². The Morgan fingerprint density at radius 2 is 2.19 bits per heavy atom. The predicted octanol–water partition coefficient (Wildman–Crippen LogP) is 3.39. The number of aryl methyl sites for hydroxylation is 1. The van der Waals surface area contributed by atoms with Crippen LogP contribution in [-0.2, 0) is 17.8 Å². The lowest BCUT2D eigenvalue weighted by Gasteiger charge is -2.25. The van der Waals surface area contributed by atoms with Gasteiger partial charge in [0, 0.05) is 32.4 Å². The van der Waals surface area contributed by atoms with Gasteiger partial charge in [0.05, 0.1) is 18.2 Å². The van der Waals surface area contributed by atoms with Gasteiger partial charge in [0.1, 0.15) is 5.75 Å². The summed E-state index contributed by atoms with van der Waals surface area (Å²) in [7, 11) is 1.63. The summed E-state index contributed by atoms with van der Waals surface area (Å²) < 4.78 is 12.6. The summed E-state index contributed by atoms with van der Waals surface area (Å²) in [5, 5.41) is 4.70. The van der Waals surface area contributed by atoms with Crippen LogP contribution in [-0.4, -0.2) is 47.0 Å². The van der Waals surface area contributed by atoms with Crippen LogP contribution in [0.2, 0.25) is 5.02 Å². The van der Waals surface area contributed by atoms with Crippen molar-refractivity contribution in [1.82, 2.24) is 14.7 Å². The maximum Gasteiger partial charge on any atom is 0.276 e. The van der Waals surface area contributed by atoms with Gasteiger partial charge < -0.3 is 14.4 Å². The van der Waals surface area contributed by atoms with Crippen molar-refractivity contribution in [2.45, 2.75) is 39.0 Å². The fourth-order valence-corrected chi connectivity index (χ4v) is 3.29. The first kappa shape index (κ1) is 18.7. The Labute approximate surface area is 158 Å². The minimum Gasteiger partial charge on any atom is -0.497 e. The van der Waals surface area contributed by atoms with E-state index in [2.05, 4.69) is 5.10 Å². The number of hydrogen-bond acceptors (Lipinski definition) is 4. The Bertz CT molecular complexity index is 739. The van der Waals surface area contributed by atoms with Crippen LogP contribution in [0.1, 0.15) is 35.8 Å². The van der Waals surface area contributed by atoms with Crippen molar-refractivity contribution in [3.63, 3.8) is 0 Å². The van der Waals surface area contributed by atoms with Gasteiger partial charge in [-0.3, -0.25) is 9.48 Å². The fourth-order valence-electron chi connectivity index (χ4n) is 3.06. The number of methoxy groups -OCH3 is 1. The molecule has 0 saturated carbocycles. The number of nitrogens with zero attached hydrogens (tertiary/aromatic N) is 3. The second kappa shape index (κ2) is 8.56. The van der Waals surface area contributed by atoms with E-state index >= 15 is 0 Å². The average molecular weight is 378 g/mol. The predicted molar refractivity (Wildman–Crippen MR) is 99.6 cm³/mol. The maximum atomic E-state index is 13.1. The van der Waals surface area contributed by atoms with Gasteiger partial charge in [0.25, 0.3) is 5.91 Å². The lowest BCUT2D eigenvalue weighted by molar-refractivity contribution is 0.0502. The van der Waals surface area contributed by atoms with E-state index < -0.39 is 0 Å². The Kier molecular flexibility index (Phi) is 6.16. The minimum atomic E-state index is -0.173. The molecule has 1 aliphatic rings. The highest BCUT2D eigenvalue weighted by Crippen LogP contribution is 2.21. The van der Waals surface area contributed by atoms with E-state index in [0.717, 1.165) is 30.8 Å². The van der Waals surface area contributed by atoms with Crippen LogP contribution in [0.4, 0.5) is 0 Å². The highest BCUT2D eigenvalue weighted by Gasteiger charge is 2.26. The normalized spacial score (nSPS) is 16.7. The number of carbonyl (C=O) groups excluding carboxylic acids is 1. The molecule has 6 nitrogen and oxygen atoms in total. The number of aromatic nitrogens is 2. The highest BCUT2D eigenvalue weighted by molar-refractivity contribution is 6.33. The molecule has 1 aliphatic heterocycles. The molecule has 0 N–H and O–H groups in total. The third-order valence-corrected chi connectivity index (χ3v) is 4.79. The van der Waals surface area contributed by atoms with E-state index in [9.17, 15) is 4.79 Å². The third-order valence-electron chi connectivity index (χ3n) is 4.51. The molecule has 1 saturated heterocycles. The van der Waals surface area contributed by atoms with Crippen LogP contribution in [0.5, 0.6) is 5.75 Å². The molecule has 0 spiro atoms. The Hall–Kier alpha value is -2.05. The number of carbonyl (C=O) groups is 1. The van der Waals surface area contributed by atoms with Gasteiger partial charge in [-0.05, 0) is 37.5 Å². The largest absolute Gasteiger partial charge is 0.497 e. The van der Waals surface area contributed by atoms with Gasteiger partial charge in [-0.1, -0.05) is 23.7 Å². The third kappa shape index (κ3) is 4.37. The summed E-state index contributed by atoms with van der Waals surface area (Å²) in [5.74, 6) is 0.615. The summed E-state index contributed by atoms with van der Waals surface area (Å²) in [4.78, 5) is 14.9. The molecule has 1 aromatic carbocycles. The van der Waals surface area contributed by atoms with Crippen molar-refractivity contribution in [3.8, 4) is 5.75 Å². The lowest BCUT2D eigenvalue weighted by Crippen LogP contribution is -2.37. The van der Waals surface area contributed by atoms with Crippen LogP contribution in [0.15, 0.2) is 30.5 Å². The zero-order valence-electron chi connectivity index (χ0n) is 15.2. The SMILES string of the molecule is CCn1cc(Cl)c(C(=O)N(Cc2ccc(OC)cc2)CC2CCCO2)n1. The Morgan fingerprint density at radius 3 is 2.77 bits per heavy atom. The molecule has 26 heavy (non-hydrogen) atoms. The van der Waals surface area contributed by atoms with Crippen molar-refractivity contribution in [1.29, 1.82) is 0 Å². The van der Waals surface area contributed by atoms with E-state index in [1.807, 2.05) is 31.2 Å². The molecule has 2 heterocycles. The number of ether oxygens (including phenoxy) is 2. The van der Waals surface area contributed by atoms with Crippen molar-refractivity contribution < 1.29 is 14.3 Å². The molecule has 3 rings (SSSR count). The van der Waals surface area contributed by atoms with Gasteiger partial charge in [-0.25, -0.2) is 0 Å². The van der Waals surface area contributed by atoms with E-state index in [1.54, 1.807) is 22.9 Å². The lowest BCUT2D eigenvalue weighted by atomic mass is 10.1. The molecular formula is C19H24ClN3O3. The van der Waals surface area contributed by atoms with Gasteiger partial charge in [-0.15, -0.1) is 0 Å². The van der Waals surface area contributed by atoms with Crippen LogP contribution < -0.4 is 4.74 Å². The van der Waals surface area contributed by atoms with E-state index in [0.29, 0.717) is 30.4 Å². The molecule has 7 heteroatoms. The highest BCUT2D eigenvalue weighted by atomic mass is 35.5. The molecular weight excluding hydrogens is 354 g/mol. The zero-order valence-corrected chi connectivity index (χ0v) is 15.9. The van der Waals surface area contributed by atoms with Gasteiger partial charge in [0.2, 0.25) is 0 Å². The summed E-state index contributed by atoms with van der Waals surface area (Å²) >= 11 is 6.24. The topological polar surface area (TPSA) is 56.6 Å². The van der Waals surface area contributed by atoms with Crippen LogP contribution in [0.3, 0.4) is 0 Å². The maximum absolute atomic E-state index is 13.1. The van der Waals surface area contributed by atoms with Gasteiger partial charge >= 0.3 is 0 Å². The number of halogens is 1. The van der Waals surface area contributed by atoms with Gasteiger partial charge in [-0.2, -0.15) is 5.10 Å². The van der Waals surface area contributed by atoms with Gasteiger partial charge in [0.15, 0.2) is 5.69 Å². The molecule has 1 fully saturated rings. The molecule has 1 amide bonds. The summed E-state index contributed by atoms with van der Waals surface area (Å²) in [5.41, 5.74) is 1.31. The smallest absolute Gasteiger partial charge is 0.276 e. The quantitative estimate of drug-likeness (QED) is 0.742. The fraction of sp³-hybridized carbons (Fsp3) is 0.474. The standard InChI is InChI=1S/C19H24ClN3O3/c1-3-23-13-17(20)18(21-23)19(24)22(12-16-5-4-10-26-16)11-14-6-8-15(25-2)9-7-14/h6-9,13,16H,3-5,10-12H2,1-2H3. The first-order chi connectivity index (χ1) is 12.6. The van der Waals surface area contributed by atoms with E-state index in [4.69, 9.17) is 21.1 Å². The molecule has 140 valence electrons. The van der Waals surface area contributed by atoms with Crippen LogP contribution in [0.25, 0.3) is 0 Å². The summed E-state index contributed by atoms with van der Waals surface area (Å²) in [6, 6.07) is 7.70. The Balaban J connectivity index is 1.81. The first-order valence-electron chi connectivity index (χ1n) is 8.87. The first-order valence-corrected chi connectivity index (χ1v) is 9.25. The minimum absolute atomic E-state index is 0.0595. The molecule has 0 bridgehead atoms. The number of hydrogen-bond donors (Lipinski definition) is 0. The summed E-state index contributed by atoms with van der Waals surface area (Å²) in [6.07, 6.45) is 3.74. The van der Waals surface area contributed by atoms with E-state index in [1.165, 1.54) is 0 Å². The molecule has 0 aliphatic carbocycles. The Morgan fingerprint density at radius 1 is 1.42 bits per heavy atom. The summed E-state index contributed by atoms with van der Waals surface area (Å²) in [6.45, 7) is 4.37. The average Bonchev–Trinajstić information content (AvgIpc) is 3.30. The zero-order chi connectivity index (χ0) is 18.5. The molecule has 1 aromatic heterocycles. The second-order valence-corrected chi connectivity index (χ2v) is 6.76. The number of benzene rings is 1. The van der Waals surface area contributed by atoms with Crippen molar-refractivity contribution >= 4 is 17.5 Å². The molecule has 1 unspecified atom stereocenters. The van der Waals surface area contributed by atoms with Crippen LogP contribution >= 0.6 is 11.6 Å². The second-order valence-electron chi connectivity index (χ2n) is 6.35. The molecule has 1 atom stereocenters. The van der Waals surface area contributed by atoms with Crippen molar-refractivity contribution in [2.75, 3.05) is 20.3 Å². The van der Waals surface area contributed by atoms with Crippen molar-refractivity contribution in [2.24, 2.45) is 0 Å². The number of amides is 1. The molecule has 2 aromatic rings. The molecule has 0 radical (unpaired) electrons. The van der Waals surface area contributed by atoms with Crippen LogP contribution in [0, 0.1) is 0 Å². The monoisotopic (exact) mass is 377 g/mol.